The number of ether oxygens (including phenoxy) is 2. The van der Waals surface area contributed by atoms with E-state index >= 15 is 0 Å². The van der Waals surface area contributed by atoms with Crippen LogP contribution >= 0.6 is 0 Å². The summed E-state index contributed by atoms with van der Waals surface area (Å²) < 4.78 is 9.57. The van der Waals surface area contributed by atoms with Gasteiger partial charge in [-0.25, -0.2) is 0 Å². The van der Waals surface area contributed by atoms with Crippen LogP contribution in [0, 0.1) is 0 Å². The van der Waals surface area contributed by atoms with Crippen LogP contribution in [0.5, 0.6) is 11.8 Å². The molecule has 1 aromatic rings. The first kappa shape index (κ1) is 6.80. The van der Waals surface area contributed by atoms with Gasteiger partial charge in [-0.3, -0.25) is 0 Å². The van der Waals surface area contributed by atoms with Gasteiger partial charge in [0.2, 0.25) is 11.8 Å². The molecular weight excluding hydrogens is 132 g/mol. The average Bonchev–Trinajstić information content (AvgIpc) is 2.05. The first-order valence-electron chi connectivity index (χ1n) is 2.78. The second-order valence-electron chi connectivity index (χ2n) is 1.62. The maximum Gasteiger partial charge on any atom is 0.233 e. The van der Waals surface area contributed by atoms with E-state index in [2.05, 4.69) is 10.2 Å². The molecule has 0 aromatic carbocycles. The van der Waals surface area contributed by atoms with Crippen LogP contribution in [-0.4, -0.2) is 24.4 Å². The van der Waals surface area contributed by atoms with Gasteiger partial charge in [0, 0.05) is 12.1 Å². The van der Waals surface area contributed by atoms with Gasteiger partial charge < -0.3 is 9.47 Å². The van der Waals surface area contributed by atoms with Gasteiger partial charge in [0.05, 0.1) is 14.2 Å². The molecule has 0 radical (unpaired) electrons. The quantitative estimate of drug-likeness (QED) is 0.599. The Bertz CT molecular complexity index is 174. The van der Waals surface area contributed by atoms with Crippen molar-refractivity contribution in [1.29, 1.82) is 0 Å². The van der Waals surface area contributed by atoms with Crippen molar-refractivity contribution in [2.45, 2.75) is 0 Å². The van der Waals surface area contributed by atoms with Crippen molar-refractivity contribution < 1.29 is 9.47 Å². The maximum absolute atomic E-state index is 4.78. The van der Waals surface area contributed by atoms with Crippen molar-refractivity contribution in [3.05, 3.63) is 12.1 Å². The van der Waals surface area contributed by atoms with E-state index in [1.54, 1.807) is 12.1 Å². The van der Waals surface area contributed by atoms with Crippen LogP contribution in [-0.2, 0) is 0 Å². The van der Waals surface area contributed by atoms with E-state index in [1.165, 1.54) is 14.2 Å². The molecule has 0 atom stereocenters. The molecular formula is C6H8N2O2. The van der Waals surface area contributed by atoms with E-state index in [0.29, 0.717) is 11.8 Å². The van der Waals surface area contributed by atoms with Crippen LogP contribution in [0.2, 0.25) is 0 Å². The fourth-order valence-electron chi connectivity index (χ4n) is 0.526. The molecule has 0 bridgehead atoms. The minimum Gasteiger partial charge on any atom is -0.480 e. The molecule has 1 rings (SSSR count). The van der Waals surface area contributed by atoms with Crippen molar-refractivity contribution in [3.8, 4) is 11.8 Å². The maximum atomic E-state index is 4.78. The Morgan fingerprint density at radius 3 is 1.60 bits per heavy atom. The number of nitrogens with zero attached hydrogens (tertiary/aromatic N) is 2. The van der Waals surface area contributed by atoms with Gasteiger partial charge in [-0.1, -0.05) is 0 Å². The highest BCUT2D eigenvalue weighted by atomic mass is 16.5. The smallest absolute Gasteiger partial charge is 0.233 e. The third-order valence-electron chi connectivity index (χ3n) is 1.03. The van der Waals surface area contributed by atoms with E-state index in [-0.39, 0.29) is 0 Å². The number of hydrogen-bond acceptors (Lipinski definition) is 4. The average molecular weight is 140 g/mol. The molecule has 0 aliphatic carbocycles. The molecule has 0 N–H and O–H groups in total. The van der Waals surface area contributed by atoms with E-state index in [9.17, 15) is 0 Å². The van der Waals surface area contributed by atoms with E-state index in [1.807, 2.05) is 0 Å². The fourth-order valence-corrected chi connectivity index (χ4v) is 0.526. The van der Waals surface area contributed by atoms with E-state index < -0.39 is 0 Å². The van der Waals surface area contributed by atoms with Crippen LogP contribution in [0.25, 0.3) is 0 Å². The van der Waals surface area contributed by atoms with Crippen molar-refractivity contribution in [3.63, 3.8) is 0 Å². The Morgan fingerprint density at radius 2 is 1.40 bits per heavy atom. The zero-order chi connectivity index (χ0) is 7.40. The summed E-state index contributed by atoms with van der Waals surface area (Å²) in [5, 5.41) is 7.34. The predicted molar refractivity (Wildman–Crippen MR) is 35.1 cm³/mol. The molecule has 0 saturated carbocycles. The van der Waals surface area contributed by atoms with Gasteiger partial charge in [0.15, 0.2) is 0 Å². The van der Waals surface area contributed by atoms with Crippen LogP contribution in [0.4, 0.5) is 0 Å². The Kier molecular flexibility index (Phi) is 2.04. The molecule has 0 amide bonds. The molecule has 54 valence electrons. The van der Waals surface area contributed by atoms with Gasteiger partial charge in [0.1, 0.15) is 0 Å². The van der Waals surface area contributed by atoms with Gasteiger partial charge in [-0.05, 0) is 0 Å². The summed E-state index contributed by atoms with van der Waals surface area (Å²) in [4.78, 5) is 0. The Morgan fingerprint density at radius 1 is 1.00 bits per heavy atom. The van der Waals surface area contributed by atoms with Crippen LogP contribution < -0.4 is 9.47 Å². The molecule has 0 unspecified atom stereocenters. The standard InChI is InChI=1S/C6H8N2O2/c1-9-5-3-4-6(10-2)8-7-5/h3-4H,1-2H3. The number of rotatable bonds is 2. The van der Waals surface area contributed by atoms with Gasteiger partial charge in [-0.2, -0.15) is 0 Å². The third-order valence-corrected chi connectivity index (χ3v) is 1.03. The summed E-state index contributed by atoms with van der Waals surface area (Å²) in [6.07, 6.45) is 0. The second-order valence-corrected chi connectivity index (χ2v) is 1.62. The number of methoxy groups -OCH3 is 2. The van der Waals surface area contributed by atoms with Crippen molar-refractivity contribution in [1.82, 2.24) is 10.2 Å². The lowest BCUT2D eigenvalue weighted by Crippen LogP contribution is -1.92. The van der Waals surface area contributed by atoms with Crippen LogP contribution in [0.3, 0.4) is 0 Å². The van der Waals surface area contributed by atoms with Crippen LogP contribution in [0.1, 0.15) is 0 Å². The molecule has 1 heterocycles. The lowest BCUT2D eigenvalue weighted by atomic mass is 10.5. The SMILES string of the molecule is COc1ccc(OC)nn1. The Labute approximate surface area is 58.8 Å². The highest BCUT2D eigenvalue weighted by molar-refractivity contribution is 5.14. The first-order valence-corrected chi connectivity index (χ1v) is 2.78. The topological polar surface area (TPSA) is 44.2 Å². The highest BCUT2D eigenvalue weighted by Crippen LogP contribution is 2.07. The summed E-state index contributed by atoms with van der Waals surface area (Å²) in [6, 6.07) is 3.37. The molecule has 0 saturated heterocycles. The Hall–Kier alpha value is -1.32. The normalized spacial score (nSPS) is 9.00. The molecule has 0 aliphatic rings. The monoisotopic (exact) mass is 140 g/mol. The fraction of sp³-hybridized carbons (Fsp3) is 0.333. The minimum absolute atomic E-state index is 0.487. The lowest BCUT2D eigenvalue weighted by molar-refractivity contribution is 0.367. The Balaban J connectivity index is 2.80. The van der Waals surface area contributed by atoms with Crippen molar-refractivity contribution >= 4 is 0 Å². The number of aromatic nitrogens is 2. The second kappa shape index (κ2) is 3.00. The highest BCUT2D eigenvalue weighted by Gasteiger charge is 1.93. The third kappa shape index (κ3) is 1.34. The molecule has 1 aromatic heterocycles. The van der Waals surface area contributed by atoms with Gasteiger partial charge in [0.25, 0.3) is 0 Å². The zero-order valence-electron chi connectivity index (χ0n) is 5.87. The summed E-state index contributed by atoms with van der Waals surface area (Å²) in [7, 11) is 3.08. The zero-order valence-corrected chi connectivity index (χ0v) is 5.87. The minimum atomic E-state index is 0.487. The van der Waals surface area contributed by atoms with Crippen molar-refractivity contribution in [2.75, 3.05) is 14.2 Å². The molecule has 4 heteroatoms. The summed E-state index contributed by atoms with van der Waals surface area (Å²) in [6.45, 7) is 0. The number of hydrogen-bond donors (Lipinski definition) is 0. The van der Waals surface area contributed by atoms with Gasteiger partial charge in [-0.15, -0.1) is 10.2 Å². The van der Waals surface area contributed by atoms with Crippen molar-refractivity contribution in [2.24, 2.45) is 0 Å². The lowest BCUT2D eigenvalue weighted by Gasteiger charge is -1.97. The predicted octanol–water partition coefficient (Wildman–Crippen LogP) is 0.494. The first-order chi connectivity index (χ1) is 4.86. The van der Waals surface area contributed by atoms with Gasteiger partial charge >= 0.3 is 0 Å². The molecule has 10 heavy (non-hydrogen) atoms. The molecule has 0 fully saturated rings. The summed E-state index contributed by atoms with van der Waals surface area (Å²) in [5.41, 5.74) is 0. The molecule has 0 aliphatic heterocycles. The summed E-state index contributed by atoms with van der Waals surface area (Å²) in [5.74, 6) is 0.974. The molecule has 0 spiro atoms. The summed E-state index contributed by atoms with van der Waals surface area (Å²) >= 11 is 0. The van der Waals surface area contributed by atoms with Crippen LogP contribution in [0.15, 0.2) is 12.1 Å². The van der Waals surface area contributed by atoms with E-state index in [4.69, 9.17) is 9.47 Å². The molecule has 4 nitrogen and oxygen atoms in total. The largest absolute Gasteiger partial charge is 0.480 e. The van der Waals surface area contributed by atoms with E-state index in [0.717, 1.165) is 0 Å².